The van der Waals surface area contributed by atoms with Gasteiger partial charge in [-0.05, 0) is 6.92 Å². The molecule has 6 heteroatoms. The van der Waals surface area contributed by atoms with Gasteiger partial charge in [-0.2, -0.15) is 0 Å². The van der Waals surface area contributed by atoms with E-state index in [-0.39, 0.29) is 11.1 Å². The fourth-order valence-electron chi connectivity index (χ4n) is 1.08. The Morgan fingerprint density at radius 3 is 3.08 bits per heavy atom. The fraction of sp³-hybridized carbons (Fsp3) is 0.286. The van der Waals surface area contributed by atoms with Gasteiger partial charge >= 0.3 is 5.56 Å². The molecule has 6 nitrogen and oxygen atoms in total. The van der Waals surface area contributed by atoms with Crippen molar-refractivity contribution in [2.45, 2.75) is 6.92 Å². The summed E-state index contributed by atoms with van der Waals surface area (Å²) in [7, 11) is 1.39. The SMILES string of the molecule is COn1[nH]c2nc(C)cnc2c1=O. The van der Waals surface area contributed by atoms with Gasteiger partial charge in [0.25, 0.3) is 0 Å². The van der Waals surface area contributed by atoms with E-state index in [2.05, 4.69) is 15.1 Å². The van der Waals surface area contributed by atoms with Crippen molar-refractivity contribution in [2.24, 2.45) is 0 Å². The fourth-order valence-corrected chi connectivity index (χ4v) is 1.08. The third-order valence-corrected chi connectivity index (χ3v) is 1.67. The molecule has 0 aromatic carbocycles. The number of H-pyrrole nitrogens is 1. The maximum absolute atomic E-state index is 11.4. The van der Waals surface area contributed by atoms with Gasteiger partial charge in [-0.15, -0.1) is 0 Å². The molecule has 13 heavy (non-hydrogen) atoms. The van der Waals surface area contributed by atoms with Crippen molar-refractivity contribution in [3.63, 3.8) is 0 Å². The van der Waals surface area contributed by atoms with Gasteiger partial charge in [-0.3, -0.25) is 4.79 Å². The first-order valence-electron chi connectivity index (χ1n) is 3.71. The lowest BCUT2D eigenvalue weighted by molar-refractivity contribution is 0.128. The number of nitrogens with one attached hydrogen (secondary N) is 1. The maximum atomic E-state index is 11.4. The van der Waals surface area contributed by atoms with Gasteiger partial charge < -0.3 is 4.84 Å². The highest BCUT2D eigenvalue weighted by Gasteiger charge is 2.08. The Bertz CT molecular complexity index is 499. The number of nitrogens with zero attached hydrogens (tertiary/aromatic N) is 3. The molecular weight excluding hydrogens is 172 g/mol. The zero-order valence-corrected chi connectivity index (χ0v) is 7.24. The molecule has 2 aromatic rings. The summed E-state index contributed by atoms with van der Waals surface area (Å²) in [4.78, 5) is 25.1. The van der Waals surface area contributed by atoms with Crippen LogP contribution in [0.25, 0.3) is 11.2 Å². The quantitative estimate of drug-likeness (QED) is 0.641. The number of fused-ring (bicyclic) bond motifs is 1. The molecule has 0 amide bonds. The molecular formula is C7H8N4O2. The predicted molar refractivity (Wildman–Crippen MR) is 45.4 cm³/mol. The molecule has 2 heterocycles. The molecule has 0 radical (unpaired) electrons. The van der Waals surface area contributed by atoms with Gasteiger partial charge in [0.15, 0.2) is 11.2 Å². The highest BCUT2D eigenvalue weighted by molar-refractivity contribution is 5.67. The highest BCUT2D eigenvalue weighted by atomic mass is 16.7. The van der Waals surface area contributed by atoms with Crippen molar-refractivity contribution in [1.82, 2.24) is 19.9 Å². The van der Waals surface area contributed by atoms with Gasteiger partial charge in [-0.25, -0.2) is 15.1 Å². The van der Waals surface area contributed by atoms with Gasteiger partial charge in [0.1, 0.15) is 7.11 Å². The van der Waals surface area contributed by atoms with E-state index < -0.39 is 0 Å². The van der Waals surface area contributed by atoms with Crippen molar-refractivity contribution in [3.8, 4) is 0 Å². The molecule has 0 fully saturated rings. The summed E-state index contributed by atoms with van der Waals surface area (Å²) in [5.74, 6) is 0. The Morgan fingerprint density at radius 1 is 1.62 bits per heavy atom. The van der Waals surface area contributed by atoms with Crippen LogP contribution in [0.2, 0.25) is 0 Å². The summed E-state index contributed by atoms with van der Waals surface area (Å²) in [5, 5.41) is 2.66. The molecule has 0 atom stereocenters. The van der Waals surface area contributed by atoms with Crippen LogP contribution in [0, 0.1) is 6.92 Å². The first-order chi connectivity index (χ1) is 6.22. The summed E-state index contributed by atoms with van der Waals surface area (Å²) in [5.41, 5.74) is 1.14. The van der Waals surface area contributed by atoms with Crippen LogP contribution in [0.1, 0.15) is 5.69 Å². The first kappa shape index (κ1) is 7.78. The largest absolute Gasteiger partial charge is 0.398 e. The van der Waals surface area contributed by atoms with Crippen LogP contribution in [0.3, 0.4) is 0 Å². The molecule has 0 spiro atoms. The van der Waals surface area contributed by atoms with Gasteiger partial charge in [0.2, 0.25) is 0 Å². The molecule has 2 rings (SSSR count). The Kier molecular flexibility index (Phi) is 1.54. The van der Waals surface area contributed by atoms with E-state index in [4.69, 9.17) is 4.84 Å². The van der Waals surface area contributed by atoms with E-state index in [9.17, 15) is 4.79 Å². The van der Waals surface area contributed by atoms with Gasteiger partial charge in [0, 0.05) is 6.20 Å². The van der Waals surface area contributed by atoms with Crippen LogP contribution < -0.4 is 10.4 Å². The summed E-state index contributed by atoms with van der Waals surface area (Å²) in [6.45, 7) is 1.80. The molecule has 1 N–H and O–H groups in total. The number of aryl methyl sites for hydroxylation is 1. The van der Waals surface area contributed by atoms with Crippen molar-refractivity contribution < 1.29 is 4.84 Å². The van der Waals surface area contributed by atoms with E-state index >= 15 is 0 Å². The number of aromatic nitrogens is 4. The highest BCUT2D eigenvalue weighted by Crippen LogP contribution is 1.99. The summed E-state index contributed by atoms with van der Waals surface area (Å²) in [6.07, 6.45) is 1.54. The summed E-state index contributed by atoms with van der Waals surface area (Å²) >= 11 is 0. The molecule has 0 bridgehead atoms. The van der Waals surface area contributed by atoms with Crippen molar-refractivity contribution in [1.29, 1.82) is 0 Å². The Balaban J connectivity index is 2.84. The first-order valence-corrected chi connectivity index (χ1v) is 3.71. The van der Waals surface area contributed by atoms with Crippen molar-refractivity contribution in [2.75, 3.05) is 7.11 Å². The third kappa shape index (κ3) is 1.07. The third-order valence-electron chi connectivity index (χ3n) is 1.67. The standard InChI is InChI=1S/C7H8N4O2/c1-4-3-8-5-6(9-4)10-11(13-2)7(5)12/h3H,1-2H3,(H,9,10). The Morgan fingerprint density at radius 2 is 2.38 bits per heavy atom. The molecule has 68 valence electrons. The second-order valence-corrected chi connectivity index (χ2v) is 2.60. The lowest BCUT2D eigenvalue weighted by atomic mass is 10.5. The zero-order chi connectivity index (χ0) is 9.42. The summed E-state index contributed by atoms with van der Waals surface area (Å²) in [6, 6.07) is 0. The van der Waals surface area contributed by atoms with E-state index in [0.29, 0.717) is 5.65 Å². The normalized spacial score (nSPS) is 10.6. The van der Waals surface area contributed by atoms with Crippen molar-refractivity contribution in [3.05, 3.63) is 22.2 Å². The molecule has 0 saturated heterocycles. The van der Waals surface area contributed by atoms with Crippen LogP contribution in [0.4, 0.5) is 0 Å². The van der Waals surface area contributed by atoms with Crippen LogP contribution in [-0.2, 0) is 0 Å². The van der Waals surface area contributed by atoms with E-state index in [0.717, 1.165) is 10.5 Å². The zero-order valence-electron chi connectivity index (χ0n) is 7.24. The molecule has 0 unspecified atom stereocenters. The Labute approximate surface area is 73.1 Å². The van der Waals surface area contributed by atoms with E-state index in [1.807, 2.05) is 0 Å². The average Bonchev–Trinajstić information content (AvgIpc) is 2.42. The molecule has 0 aliphatic rings. The summed E-state index contributed by atoms with van der Waals surface area (Å²) < 4.78 is 0. The lowest BCUT2D eigenvalue weighted by Crippen LogP contribution is -2.21. The molecule has 0 aliphatic heterocycles. The number of hydrogen-bond acceptors (Lipinski definition) is 4. The second-order valence-electron chi connectivity index (χ2n) is 2.60. The molecule has 2 aromatic heterocycles. The van der Waals surface area contributed by atoms with Crippen LogP contribution in [0.15, 0.2) is 11.0 Å². The monoisotopic (exact) mass is 180 g/mol. The van der Waals surface area contributed by atoms with Gasteiger partial charge in [0.05, 0.1) is 5.69 Å². The van der Waals surface area contributed by atoms with Crippen molar-refractivity contribution >= 4 is 11.2 Å². The number of hydrogen-bond donors (Lipinski definition) is 1. The number of rotatable bonds is 1. The lowest BCUT2D eigenvalue weighted by Gasteiger charge is -1.93. The smallest absolute Gasteiger partial charge is 0.330 e. The van der Waals surface area contributed by atoms with E-state index in [1.165, 1.54) is 13.3 Å². The minimum absolute atomic E-state index is 0.285. The minimum Gasteiger partial charge on any atom is -0.398 e. The minimum atomic E-state index is -0.329. The van der Waals surface area contributed by atoms with Crippen LogP contribution in [0.5, 0.6) is 0 Å². The number of aromatic amines is 1. The maximum Gasteiger partial charge on any atom is 0.330 e. The van der Waals surface area contributed by atoms with Crippen LogP contribution in [-0.4, -0.2) is 27.0 Å². The second kappa shape index (κ2) is 2.58. The van der Waals surface area contributed by atoms with Crippen LogP contribution >= 0.6 is 0 Å². The topological polar surface area (TPSA) is 72.8 Å². The predicted octanol–water partition coefficient (Wildman–Crippen LogP) is -0.514. The molecule has 0 saturated carbocycles. The molecule has 0 aliphatic carbocycles. The average molecular weight is 180 g/mol. The van der Waals surface area contributed by atoms with E-state index in [1.54, 1.807) is 6.92 Å². The van der Waals surface area contributed by atoms with Gasteiger partial charge in [-0.1, -0.05) is 4.85 Å². The Hall–Kier alpha value is -1.85.